The number of hydrogen-bond acceptors (Lipinski definition) is 9. The van der Waals surface area contributed by atoms with Gasteiger partial charge in [0.25, 0.3) is 0 Å². The summed E-state index contributed by atoms with van der Waals surface area (Å²) < 4.78 is 27.2. The molecule has 0 unspecified atom stereocenters. The van der Waals surface area contributed by atoms with Crippen molar-refractivity contribution < 1.29 is 33.6 Å². The third-order valence-corrected chi connectivity index (χ3v) is 4.72. The van der Waals surface area contributed by atoms with E-state index in [1.54, 1.807) is 13.2 Å². The SMILES string of the molecule is C#Cc1cccc(Nc2ncnc3cc(OCCOC)c(OCCOCC#CCOCC(=O)O)cc23)c1. The Bertz CT molecular complexity index is 1290. The van der Waals surface area contributed by atoms with Crippen molar-refractivity contribution in [3.8, 4) is 35.7 Å². The highest BCUT2D eigenvalue weighted by atomic mass is 16.5. The van der Waals surface area contributed by atoms with Gasteiger partial charge in [-0.15, -0.1) is 6.42 Å². The Balaban J connectivity index is 1.68. The fraction of sp³-hybridized carbons (Fsp3) is 0.296. The van der Waals surface area contributed by atoms with Crippen molar-refractivity contribution in [1.29, 1.82) is 0 Å². The highest BCUT2D eigenvalue weighted by Crippen LogP contribution is 2.35. The van der Waals surface area contributed by atoms with E-state index in [0.717, 1.165) is 16.6 Å². The summed E-state index contributed by atoms with van der Waals surface area (Å²) in [5.41, 5.74) is 2.21. The minimum absolute atomic E-state index is 0.0247. The van der Waals surface area contributed by atoms with Crippen LogP contribution in [0.3, 0.4) is 0 Å². The number of methoxy groups -OCH3 is 1. The van der Waals surface area contributed by atoms with Crippen LogP contribution in [0.4, 0.5) is 11.5 Å². The number of carboxylic acids is 1. The quantitative estimate of drug-likeness (QED) is 0.250. The molecule has 0 aliphatic rings. The first-order valence-electron chi connectivity index (χ1n) is 11.3. The van der Waals surface area contributed by atoms with Crippen molar-refractivity contribution in [3.63, 3.8) is 0 Å². The number of fused-ring (bicyclic) bond motifs is 1. The van der Waals surface area contributed by atoms with E-state index >= 15 is 0 Å². The lowest BCUT2D eigenvalue weighted by molar-refractivity contribution is -0.141. The number of nitrogens with zero attached hydrogens (tertiary/aromatic N) is 2. The van der Waals surface area contributed by atoms with E-state index in [2.05, 4.69) is 33.0 Å². The minimum Gasteiger partial charge on any atom is -0.487 e. The van der Waals surface area contributed by atoms with E-state index in [1.807, 2.05) is 30.3 Å². The molecule has 2 aromatic carbocycles. The number of hydrogen-bond donors (Lipinski definition) is 2. The molecule has 1 heterocycles. The van der Waals surface area contributed by atoms with Crippen molar-refractivity contribution in [2.24, 2.45) is 0 Å². The molecule has 0 fully saturated rings. The Hall–Kier alpha value is -4.35. The second-order valence-corrected chi connectivity index (χ2v) is 7.37. The van der Waals surface area contributed by atoms with Crippen LogP contribution in [0.2, 0.25) is 0 Å². The number of nitrogens with one attached hydrogen (secondary N) is 1. The largest absolute Gasteiger partial charge is 0.487 e. The number of benzene rings is 2. The molecule has 10 nitrogen and oxygen atoms in total. The molecule has 0 radical (unpaired) electrons. The van der Waals surface area contributed by atoms with Gasteiger partial charge in [0.15, 0.2) is 11.5 Å². The predicted octanol–water partition coefficient (Wildman–Crippen LogP) is 2.88. The molecule has 37 heavy (non-hydrogen) atoms. The fourth-order valence-electron chi connectivity index (χ4n) is 3.07. The van der Waals surface area contributed by atoms with E-state index in [-0.39, 0.29) is 33.0 Å². The summed E-state index contributed by atoms with van der Waals surface area (Å²) in [6, 6.07) is 11.1. The second kappa shape index (κ2) is 14.9. The first-order chi connectivity index (χ1) is 18.1. The lowest BCUT2D eigenvalue weighted by atomic mass is 10.2. The van der Waals surface area contributed by atoms with Crippen LogP contribution < -0.4 is 14.8 Å². The molecule has 0 atom stereocenters. The molecule has 3 aromatic rings. The average Bonchev–Trinajstić information content (AvgIpc) is 2.90. The van der Waals surface area contributed by atoms with Gasteiger partial charge in [0, 0.05) is 29.8 Å². The average molecular weight is 506 g/mol. The number of carbonyl (C=O) groups is 1. The monoisotopic (exact) mass is 505 g/mol. The number of anilines is 2. The number of aliphatic carboxylic acids is 1. The summed E-state index contributed by atoms with van der Waals surface area (Å²) in [5.74, 6) is 8.60. The Morgan fingerprint density at radius 1 is 1.00 bits per heavy atom. The van der Waals surface area contributed by atoms with Crippen LogP contribution in [0.1, 0.15) is 5.56 Å². The third kappa shape index (κ3) is 8.98. The van der Waals surface area contributed by atoms with Gasteiger partial charge in [-0.2, -0.15) is 0 Å². The van der Waals surface area contributed by atoms with Gasteiger partial charge in [0.1, 0.15) is 45.2 Å². The summed E-state index contributed by atoms with van der Waals surface area (Å²) in [6.07, 6.45) is 6.99. The second-order valence-electron chi connectivity index (χ2n) is 7.37. The van der Waals surface area contributed by atoms with Crippen LogP contribution in [-0.2, 0) is 19.0 Å². The number of aromatic nitrogens is 2. The smallest absolute Gasteiger partial charge is 0.329 e. The lowest BCUT2D eigenvalue weighted by Gasteiger charge is -2.15. The van der Waals surface area contributed by atoms with E-state index in [1.165, 1.54) is 6.33 Å². The Labute approximate surface area is 214 Å². The first kappa shape index (κ1) is 27.2. The summed E-state index contributed by atoms with van der Waals surface area (Å²) >= 11 is 0. The zero-order valence-electron chi connectivity index (χ0n) is 20.4. The number of terminal acetylenes is 1. The molecule has 10 heteroatoms. The van der Waals surface area contributed by atoms with Crippen LogP contribution in [0.15, 0.2) is 42.7 Å². The van der Waals surface area contributed by atoms with Crippen molar-refractivity contribution >= 4 is 28.4 Å². The normalized spacial score (nSPS) is 10.3. The highest BCUT2D eigenvalue weighted by molar-refractivity contribution is 5.93. The van der Waals surface area contributed by atoms with Crippen molar-refractivity contribution in [2.75, 3.05) is 58.7 Å². The van der Waals surface area contributed by atoms with Crippen LogP contribution >= 0.6 is 0 Å². The molecule has 0 aliphatic heterocycles. The van der Waals surface area contributed by atoms with Gasteiger partial charge in [0.05, 0.1) is 18.7 Å². The van der Waals surface area contributed by atoms with Gasteiger partial charge >= 0.3 is 5.97 Å². The molecule has 0 amide bonds. The zero-order chi connectivity index (χ0) is 26.3. The maximum absolute atomic E-state index is 10.4. The van der Waals surface area contributed by atoms with E-state index < -0.39 is 5.97 Å². The predicted molar refractivity (Wildman–Crippen MR) is 137 cm³/mol. The summed E-state index contributed by atoms with van der Waals surface area (Å²) in [7, 11) is 1.60. The molecule has 0 aliphatic carbocycles. The standard InChI is InChI=1S/C27H27N3O7/c1-3-20-7-6-8-21(15-20)30-27-22-16-24(25(36-13-11-33-2)17-23(22)28-19-29-27)37-14-12-34-9-4-5-10-35-18-26(31)32/h1,6-8,15-17,19H,9-14,18H2,2H3,(H,31,32)(H,28,29,30). The van der Waals surface area contributed by atoms with E-state index in [0.29, 0.717) is 36.0 Å². The van der Waals surface area contributed by atoms with E-state index in [4.69, 9.17) is 35.2 Å². The third-order valence-electron chi connectivity index (χ3n) is 4.72. The van der Waals surface area contributed by atoms with Gasteiger partial charge in [-0.1, -0.05) is 23.8 Å². The van der Waals surface area contributed by atoms with Crippen molar-refractivity contribution in [1.82, 2.24) is 9.97 Å². The van der Waals surface area contributed by atoms with Crippen LogP contribution in [0.5, 0.6) is 11.5 Å². The molecule has 192 valence electrons. The summed E-state index contributed by atoms with van der Waals surface area (Å²) in [5, 5.41) is 12.5. The molecule has 0 bridgehead atoms. The van der Waals surface area contributed by atoms with Gasteiger partial charge in [0.2, 0.25) is 0 Å². The molecular weight excluding hydrogens is 478 g/mol. The zero-order valence-corrected chi connectivity index (χ0v) is 20.4. The van der Waals surface area contributed by atoms with E-state index in [9.17, 15) is 4.79 Å². The van der Waals surface area contributed by atoms with Crippen molar-refractivity contribution in [2.45, 2.75) is 0 Å². The molecule has 0 saturated carbocycles. The number of ether oxygens (including phenoxy) is 5. The topological polar surface area (TPSA) is 121 Å². The Kier molecular flexibility index (Phi) is 11.0. The first-order valence-corrected chi connectivity index (χ1v) is 11.3. The summed E-state index contributed by atoms with van der Waals surface area (Å²) in [6.45, 7) is 1.06. The van der Waals surface area contributed by atoms with Crippen molar-refractivity contribution in [3.05, 3.63) is 48.3 Å². The maximum Gasteiger partial charge on any atom is 0.329 e. The molecule has 1 aromatic heterocycles. The Morgan fingerprint density at radius 2 is 1.76 bits per heavy atom. The number of carboxylic acid groups (broad SMARTS) is 1. The highest BCUT2D eigenvalue weighted by Gasteiger charge is 2.13. The molecule has 0 spiro atoms. The molecular formula is C27H27N3O7. The van der Waals surface area contributed by atoms with Gasteiger partial charge in [-0.25, -0.2) is 14.8 Å². The molecule has 2 N–H and O–H groups in total. The lowest BCUT2D eigenvalue weighted by Crippen LogP contribution is -2.10. The van der Waals surface area contributed by atoms with Crippen LogP contribution in [-0.4, -0.2) is 74.4 Å². The Morgan fingerprint density at radius 3 is 2.51 bits per heavy atom. The van der Waals surface area contributed by atoms with Gasteiger partial charge < -0.3 is 34.1 Å². The van der Waals surface area contributed by atoms with Crippen LogP contribution in [0.25, 0.3) is 10.9 Å². The maximum atomic E-state index is 10.4. The molecule has 3 rings (SSSR count). The fourth-order valence-corrected chi connectivity index (χ4v) is 3.07. The minimum atomic E-state index is -1.04. The van der Waals surface area contributed by atoms with Crippen LogP contribution in [0, 0.1) is 24.2 Å². The molecule has 0 saturated heterocycles. The van der Waals surface area contributed by atoms with Gasteiger partial charge in [-0.05, 0) is 24.3 Å². The summed E-state index contributed by atoms with van der Waals surface area (Å²) in [4.78, 5) is 19.1. The number of rotatable bonds is 14. The van der Waals surface area contributed by atoms with Gasteiger partial charge in [-0.3, -0.25) is 0 Å².